The maximum atomic E-state index is 2.62. The third-order valence-corrected chi connectivity index (χ3v) is 9.00. The summed E-state index contributed by atoms with van der Waals surface area (Å²) in [7, 11) is 0. The lowest BCUT2D eigenvalue weighted by Crippen LogP contribution is -2.46. The van der Waals surface area contributed by atoms with Crippen LogP contribution in [0.3, 0.4) is 0 Å². The molecule has 0 N–H and O–H groups in total. The average molecular weight is 349 g/mol. The van der Waals surface area contributed by atoms with Crippen molar-refractivity contribution in [3.8, 4) is 0 Å². The zero-order valence-electron chi connectivity index (χ0n) is 18.1. The van der Waals surface area contributed by atoms with E-state index >= 15 is 0 Å². The Hall–Kier alpha value is -1.30. The van der Waals surface area contributed by atoms with Gasteiger partial charge in [0.05, 0.1) is 0 Å². The summed E-state index contributed by atoms with van der Waals surface area (Å²) in [6.07, 6.45) is 5.12. The maximum Gasteiger partial charge on any atom is 0.00611 e. The Balaban J connectivity index is 2.00. The largest absolute Gasteiger partial charge is 0.0732 e. The standard InChI is InChI=1S/C26H36/c1-16(2)19(5)22-14-26-15-24(7,20(6)25(26,8)12-18(22)4)13-21-10-9-17(3)11-23(21)26/h9-11,20H,12-15H2,1-8H3/t20?,24-,25?,26-/m0/s1. The quantitative estimate of drug-likeness (QED) is 0.499. The van der Waals surface area contributed by atoms with E-state index in [0.29, 0.717) is 16.2 Å². The van der Waals surface area contributed by atoms with Crippen LogP contribution in [0.4, 0.5) is 0 Å². The molecule has 2 unspecified atom stereocenters. The highest BCUT2D eigenvalue weighted by atomic mass is 14.7. The van der Waals surface area contributed by atoms with Crippen molar-refractivity contribution in [1.29, 1.82) is 0 Å². The fourth-order valence-electron chi connectivity index (χ4n) is 7.12. The van der Waals surface area contributed by atoms with Gasteiger partial charge in [-0.15, -0.1) is 0 Å². The van der Waals surface area contributed by atoms with Crippen LogP contribution in [0.2, 0.25) is 0 Å². The van der Waals surface area contributed by atoms with Crippen LogP contribution in [0.5, 0.6) is 0 Å². The van der Waals surface area contributed by atoms with Gasteiger partial charge in [-0.05, 0) is 99.3 Å². The molecule has 1 fully saturated rings. The molecule has 3 aliphatic rings. The molecule has 0 radical (unpaired) electrons. The van der Waals surface area contributed by atoms with E-state index in [2.05, 4.69) is 73.6 Å². The van der Waals surface area contributed by atoms with Crippen LogP contribution in [0, 0.1) is 23.7 Å². The maximum absolute atomic E-state index is 2.62. The van der Waals surface area contributed by atoms with Gasteiger partial charge in [-0.3, -0.25) is 0 Å². The van der Waals surface area contributed by atoms with E-state index in [0.717, 1.165) is 5.92 Å². The molecule has 0 aliphatic heterocycles. The van der Waals surface area contributed by atoms with Gasteiger partial charge >= 0.3 is 0 Å². The molecule has 1 aromatic carbocycles. The summed E-state index contributed by atoms with van der Waals surface area (Å²) >= 11 is 0. The van der Waals surface area contributed by atoms with Crippen LogP contribution < -0.4 is 0 Å². The van der Waals surface area contributed by atoms with Crippen LogP contribution in [0.1, 0.15) is 84.4 Å². The third kappa shape index (κ3) is 2.08. The topological polar surface area (TPSA) is 0 Å². The smallest absolute Gasteiger partial charge is 0.00611 e. The van der Waals surface area contributed by atoms with Gasteiger partial charge in [-0.25, -0.2) is 0 Å². The SMILES string of the molecule is CC(C)=C(C)C1=C(C)CC2(C)C(C)[C@@]3(C)Cc4ccc(C)cc4[C@]2(C1)C3. The second-order valence-corrected chi connectivity index (χ2v) is 10.6. The zero-order chi connectivity index (χ0) is 19.1. The van der Waals surface area contributed by atoms with Crippen molar-refractivity contribution in [1.82, 2.24) is 0 Å². The van der Waals surface area contributed by atoms with Crippen molar-refractivity contribution >= 4 is 0 Å². The van der Waals surface area contributed by atoms with E-state index < -0.39 is 0 Å². The predicted molar refractivity (Wildman–Crippen MR) is 113 cm³/mol. The molecule has 0 heterocycles. The molecule has 0 amide bonds. The summed E-state index contributed by atoms with van der Waals surface area (Å²) < 4.78 is 0. The number of fused-ring (bicyclic) bond motifs is 2. The molecule has 1 spiro atoms. The highest BCUT2D eigenvalue weighted by Crippen LogP contribution is 2.74. The fraction of sp³-hybridized carbons (Fsp3) is 0.615. The minimum Gasteiger partial charge on any atom is -0.0732 e. The normalized spacial score (nSPS) is 38.1. The summed E-state index contributed by atoms with van der Waals surface area (Å²) in [5.74, 6) is 0.756. The van der Waals surface area contributed by atoms with Crippen molar-refractivity contribution in [2.24, 2.45) is 16.7 Å². The molecule has 2 bridgehead atoms. The minimum atomic E-state index is 0.312. The molecule has 0 saturated heterocycles. The van der Waals surface area contributed by atoms with Gasteiger partial charge in [0.25, 0.3) is 0 Å². The van der Waals surface area contributed by atoms with Gasteiger partial charge in [-0.2, -0.15) is 0 Å². The van der Waals surface area contributed by atoms with Crippen molar-refractivity contribution in [3.05, 3.63) is 57.2 Å². The monoisotopic (exact) mass is 348 g/mol. The Kier molecular flexibility index (Phi) is 3.73. The van der Waals surface area contributed by atoms with Crippen LogP contribution in [-0.2, 0) is 11.8 Å². The van der Waals surface area contributed by atoms with Gasteiger partial charge < -0.3 is 0 Å². The zero-order valence-corrected chi connectivity index (χ0v) is 18.1. The van der Waals surface area contributed by atoms with Gasteiger partial charge in [0.2, 0.25) is 0 Å². The summed E-state index contributed by atoms with van der Waals surface area (Å²) in [5, 5.41) is 0. The lowest BCUT2D eigenvalue weighted by molar-refractivity contribution is 0.102. The molecule has 4 rings (SSSR count). The van der Waals surface area contributed by atoms with E-state index in [1.54, 1.807) is 27.8 Å². The van der Waals surface area contributed by atoms with Gasteiger partial charge in [0.15, 0.2) is 0 Å². The molecule has 0 nitrogen and oxygen atoms in total. The van der Waals surface area contributed by atoms with Gasteiger partial charge in [0, 0.05) is 5.41 Å². The highest BCUT2D eigenvalue weighted by molar-refractivity contribution is 5.52. The fourth-order valence-corrected chi connectivity index (χ4v) is 7.12. The molecule has 26 heavy (non-hydrogen) atoms. The Bertz CT molecular complexity index is 847. The Morgan fingerprint density at radius 3 is 2.35 bits per heavy atom. The third-order valence-electron chi connectivity index (χ3n) is 9.00. The molecule has 1 aromatic rings. The second-order valence-electron chi connectivity index (χ2n) is 10.6. The number of aryl methyl sites for hydroxylation is 1. The van der Waals surface area contributed by atoms with E-state index in [4.69, 9.17) is 0 Å². The summed E-state index contributed by atoms with van der Waals surface area (Å²) in [5.41, 5.74) is 12.2. The Morgan fingerprint density at radius 1 is 1.00 bits per heavy atom. The number of hydrogen-bond donors (Lipinski definition) is 0. The van der Waals surface area contributed by atoms with E-state index in [9.17, 15) is 0 Å². The van der Waals surface area contributed by atoms with Crippen molar-refractivity contribution < 1.29 is 0 Å². The van der Waals surface area contributed by atoms with E-state index in [1.165, 1.54) is 36.8 Å². The highest BCUT2D eigenvalue weighted by Gasteiger charge is 2.67. The molecular weight excluding hydrogens is 312 g/mol. The Labute approximate surface area is 160 Å². The average Bonchev–Trinajstić information content (AvgIpc) is 2.70. The summed E-state index contributed by atoms with van der Waals surface area (Å²) in [4.78, 5) is 0. The minimum absolute atomic E-state index is 0.312. The number of rotatable bonds is 1. The number of hydrogen-bond acceptors (Lipinski definition) is 0. The molecule has 0 aromatic heterocycles. The Morgan fingerprint density at radius 2 is 1.69 bits per heavy atom. The first kappa shape index (κ1) is 18.1. The molecule has 3 aliphatic carbocycles. The first-order valence-corrected chi connectivity index (χ1v) is 10.5. The summed E-state index contributed by atoms with van der Waals surface area (Å²) in [6.45, 7) is 19.4. The molecular formula is C26H36. The van der Waals surface area contributed by atoms with Crippen molar-refractivity contribution in [3.63, 3.8) is 0 Å². The lowest BCUT2D eigenvalue weighted by Gasteiger charge is -2.52. The van der Waals surface area contributed by atoms with Crippen molar-refractivity contribution in [2.45, 2.75) is 86.5 Å². The van der Waals surface area contributed by atoms with Crippen molar-refractivity contribution in [2.75, 3.05) is 0 Å². The second kappa shape index (κ2) is 5.37. The van der Waals surface area contributed by atoms with Crippen LogP contribution >= 0.6 is 0 Å². The number of benzene rings is 1. The molecule has 0 heteroatoms. The molecule has 140 valence electrons. The van der Waals surface area contributed by atoms with Gasteiger partial charge in [-0.1, -0.05) is 55.7 Å². The van der Waals surface area contributed by atoms with Crippen LogP contribution in [-0.4, -0.2) is 0 Å². The number of allylic oxidation sites excluding steroid dienone is 4. The van der Waals surface area contributed by atoms with E-state index in [1.807, 2.05) is 0 Å². The van der Waals surface area contributed by atoms with Crippen LogP contribution in [0.15, 0.2) is 40.5 Å². The molecule has 1 saturated carbocycles. The van der Waals surface area contributed by atoms with Crippen LogP contribution in [0.25, 0.3) is 0 Å². The van der Waals surface area contributed by atoms with Gasteiger partial charge in [0.1, 0.15) is 0 Å². The van der Waals surface area contributed by atoms with E-state index in [-0.39, 0.29) is 0 Å². The lowest BCUT2D eigenvalue weighted by atomic mass is 9.52. The predicted octanol–water partition coefficient (Wildman–Crippen LogP) is 7.31. The first-order valence-electron chi connectivity index (χ1n) is 10.5. The molecule has 4 atom stereocenters. The first-order chi connectivity index (χ1) is 12.0. The summed E-state index contributed by atoms with van der Waals surface area (Å²) in [6, 6.07) is 7.32.